The Balaban J connectivity index is 2.19. The van der Waals surface area contributed by atoms with Crippen LogP contribution in [0.5, 0.6) is 0 Å². The van der Waals surface area contributed by atoms with Crippen molar-refractivity contribution in [3.63, 3.8) is 0 Å². The van der Waals surface area contributed by atoms with Gasteiger partial charge < -0.3 is 5.32 Å². The SMILES string of the molecule is Cc1ccc(S(C)(=O)=O)cc1NC(C)C1CCCC1. The summed E-state index contributed by atoms with van der Waals surface area (Å²) in [4.78, 5) is 0.388. The lowest BCUT2D eigenvalue weighted by molar-refractivity contribution is 0.482. The van der Waals surface area contributed by atoms with Gasteiger partial charge in [-0.15, -0.1) is 0 Å². The average Bonchev–Trinajstić information content (AvgIpc) is 2.84. The van der Waals surface area contributed by atoms with Crippen molar-refractivity contribution in [1.29, 1.82) is 0 Å². The lowest BCUT2D eigenvalue weighted by Gasteiger charge is -2.23. The molecule has 0 saturated heterocycles. The van der Waals surface area contributed by atoms with Crippen LogP contribution in [-0.4, -0.2) is 20.7 Å². The van der Waals surface area contributed by atoms with Crippen LogP contribution in [0.4, 0.5) is 5.69 Å². The Labute approximate surface area is 116 Å². The van der Waals surface area contributed by atoms with Crippen molar-refractivity contribution in [2.24, 2.45) is 5.92 Å². The minimum absolute atomic E-state index is 0.388. The highest BCUT2D eigenvalue weighted by Crippen LogP contribution is 2.30. The zero-order valence-electron chi connectivity index (χ0n) is 11.9. The molecule has 1 aromatic carbocycles. The number of rotatable bonds is 4. The Hall–Kier alpha value is -1.03. The van der Waals surface area contributed by atoms with Crippen LogP contribution in [0.3, 0.4) is 0 Å². The van der Waals surface area contributed by atoms with E-state index < -0.39 is 9.84 Å². The number of hydrogen-bond acceptors (Lipinski definition) is 3. The van der Waals surface area contributed by atoms with Crippen LogP contribution in [0.1, 0.15) is 38.2 Å². The van der Waals surface area contributed by atoms with Crippen molar-refractivity contribution in [2.75, 3.05) is 11.6 Å². The number of nitrogens with one attached hydrogen (secondary N) is 1. The third-order valence-electron chi connectivity index (χ3n) is 4.13. The van der Waals surface area contributed by atoms with Gasteiger partial charge in [-0.1, -0.05) is 18.9 Å². The molecule has 1 saturated carbocycles. The maximum absolute atomic E-state index is 11.6. The molecular weight excluding hydrogens is 258 g/mol. The van der Waals surface area contributed by atoms with Gasteiger partial charge in [0.25, 0.3) is 0 Å². The van der Waals surface area contributed by atoms with Crippen molar-refractivity contribution in [2.45, 2.75) is 50.5 Å². The molecule has 0 aromatic heterocycles. The number of hydrogen-bond donors (Lipinski definition) is 1. The summed E-state index contributed by atoms with van der Waals surface area (Å²) in [5, 5.41) is 3.50. The molecule has 106 valence electrons. The van der Waals surface area contributed by atoms with Gasteiger partial charge >= 0.3 is 0 Å². The minimum Gasteiger partial charge on any atom is -0.382 e. The normalized spacial score (nSPS) is 18.5. The molecule has 1 aromatic rings. The maximum Gasteiger partial charge on any atom is 0.175 e. The Morgan fingerprint density at radius 3 is 2.47 bits per heavy atom. The van der Waals surface area contributed by atoms with Gasteiger partial charge in [-0.3, -0.25) is 0 Å². The van der Waals surface area contributed by atoms with Crippen molar-refractivity contribution >= 4 is 15.5 Å². The molecule has 0 heterocycles. The second kappa shape index (κ2) is 5.53. The lowest BCUT2D eigenvalue weighted by atomic mass is 9.99. The van der Waals surface area contributed by atoms with Crippen molar-refractivity contribution < 1.29 is 8.42 Å². The monoisotopic (exact) mass is 281 g/mol. The van der Waals surface area contributed by atoms with E-state index in [1.807, 2.05) is 13.0 Å². The number of sulfone groups is 1. The first-order valence-corrected chi connectivity index (χ1v) is 8.84. The molecule has 4 heteroatoms. The first-order chi connectivity index (χ1) is 8.88. The van der Waals surface area contributed by atoms with Gasteiger partial charge in [-0.05, 0) is 50.3 Å². The predicted molar refractivity (Wildman–Crippen MR) is 79.3 cm³/mol. The summed E-state index contributed by atoms with van der Waals surface area (Å²) in [5.41, 5.74) is 2.04. The molecule has 1 unspecified atom stereocenters. The Bertz CT molecular complexity index is 545. The van der Waals surface area contributed by atoms with Crippen LogP contribution in [0.25, 0.3) is 0 Å². The fraction of sp³-hybridized carbons (Fsp3) is 0.600. The highest BCUT2D eigenvalue weighted by Gasteiger charge is 2.22. The van der Waals surface area contributed by atoms with Crippen LogP contribution in [-0.2, 0) is 9.84 Å². The van der Waals surface area contributed by atoms with E-state index in [4.69, 9.17) is 0 Å². The van der Waals surface area contributed by atoms with E-state index >= 15 is 0 Å². The van der Waals surface area contributed by atoms with Crippen molar-refractivity contribution in [3.05, 3.63) is 23.8 Å². The van der Waals surface area contributed by atoms with Gasteiger partial charge in [0.05, 0.1) is 4.90 Å². The first kappa shape index (κ1) is 14.4. The molecule has 1 fully saturated rings. The second-order valence-corrected chi connectivity index (χ2v) is 7.74. The summed E-state index contributed by atoms with van der Waals surface area (Å²) in [6.45, 7) is 4.21. The van der Waals surface area contributed by atoms with Gasteiger partial charge in [-0.25, -0.2) is 8.42 Å². The summed E-state index contributed by atoms with van der Waals surface area (Å²) in [6, 6.07) is 5.71. The third kappa shape index (κ3) is 3.50. The molecule has 0 spiro atoms. The molecule has 0 amide bonds. The third-order valence-corrected chi connectivity index (χ3v) is 5.24. The summed E-state index contributed by atoms with van der Waals surface area (Å²) in [5.74, 6) is 0.710. The molecule has 0 aliphatic heterocycles. The molecular formula is C15H23NO2S. The van der Waals surface area contributed by atoms with Crippen molar-refractivity contribution in [3.8, 4) is 0 Å². The highest BCUT2D eigenvalue weighted by molar-refractivity contribution is 7.90. The van der Waals surface area contributed by atoms with Gasteiger partial charge in [-0.2, -0.15) is 0 Å². The zero-order valence-corrected chi connectivity index (χ0v) is 12.8. The molecule has 2 rings (SSSR count). The summed E-state index contributed by atoms with van der Waals surface area (Å²) in [7, 11) is -3.14. The first-order valence-electron chi connectivity index (χ1n) is 6.95. The Kier molecular flexibility index (Phi) is 4.19. The molecule has 1 aliphatic carbocycles. The molecule has 0 bridgehead atoms. The van der Waals surface area contributed by atoms with Gasteiger partial charge in [0.1, 0.15) is 0 Å². The fourth-order valence-electron chi connectivity index (χ4n) is 2.81. The van der Waals surface area contributed by atoms with Gasteiger partial charge in [0, 0.05) is 18.0 Å². The van der Waals surface area contributed by atoms with Crippen molar-refractivity contribution in [1.82, 2.24) is 0 Å². The Morgan fingerprint density at radius 2 is 1.89 bits per heavy atom. The van der Waals surface area contributed by atoms with Gasteiger partial charge in [0.2, 0.25) is 0 Å². The van der Waals surface area contributed by atoms with Gasteiger partial charge in [0.15, 0.2) is 9.84 Å². The molecule has 1 aliphatic rings. The quantitative estimate of drug-likeness (QED) is 0.920. The number of anilines is 1. The summed E-state index contributed by atoms with van der Waals surface area (Å²) >= 11 is 0. The molecule has 19 heavy (non-hydrogen) atoms. The topological polar surface area (TPSA) is 46.2 Å². The maximum atomic E-state index is 11.6. The fourth-order valence-corrected chi connectivity index (χ4v) is 3.45. The van der Waals surface area contributed by atoms with Crippen LogP contribution >= 0.6 is 0 Å². The summed E-state index contributed by atoms with van der Waals surface area (Å²) in [6.07, 6.45) is 6.44. The lowest BCUT2D eigenvalue weighted by Crippen LogP contribution is -2.24. The molecule has 1 N–H and O–H groups in total. The highest BCUT2D eigenvalue weighted by atomic mass is 32.2. The predicted octanol–water partition coefficient (Wildman–Crippen LogP) is 3.39. The Morgan fingerprint density at radius 1 is 1.26 bits per heavy atom. The standard InChI is InChI=1S/C15H23NO2S/c1-11-8-9-14(19(3,17)18)10-15(11)16-12(2)13-6-4-5-7-13/h8-10,12-13,16H,4-7H2,1-3H3. The van der Waals surface area contributed by atoms with E-state index in [9.17, 15) is 8.42 Å². The van der Waals surface area contributed by atoms with E-state index in [1.165, 1.54) is 31.9 Å². The van der Waals surface area contributed by atoms with E-state index in [0.717, 1.165) is 11.3 Å². The second-order valence-electron chi connectivity index (χ2n) is 5.73. The van der Waals surface area contributed by atoms with E-state index in [1.54, 1.807) is 12.1 Å². The number of aryl methyl sites for hydroxylation is 1. The smallest absolute Gasteiger partial charge is 0.175 e. The van der Waals surface area contributed by atoms with Crippen LogP contribution in [0.2, 0.25) is 0 Å². The zero-order chi connectivity index (χ0) is 14.0. The van der Waals surface area contributed by atoms with Crippen LogP contribution < -0.4 is 5.32 Å². The van der Waals surface area contributed by atoms with E-state index in [2.05, 4.69) is 12.2 Å². The minimum atomic E-state index is -3.14. The van der Waals surface area contributed by atoms with Crippen LogP contribution in [0.15, 0.2) is 23.1 Å². The summed E-state index contributed by atoms with van der Waals surface area (Å²) < 4.78 is 23.2. The number of benzene rings is 1. The van der Waals surface area contributed by atoms with E-state index in [0.29, 0.717) is 16.9 Å². The molecule has 0 radical (unpaired) electrons. The molecule has 3 nitrogen and oxygen atoms in total. The molecule has 1 atom stereocenters. The van der Waals surface area contributed by atoms with Crippen LogP contribution in [0, 0.1) is 12.8 Å². The van der Waals surface area contributed by atoms with E-state index in [-0.39, 0.29) is 0 Å². The average molecular weight is 281 g/mol. The largest absolute Gasteiger partial charge is 0.382 e.